The van der Waals surface area contributed by atoms with Crippen LogP contribution in [-0.2, 0) is 5.32 Å². The number of aryl methyl sites for hydroxylation is 1. The molecular weight excluding hydrogens is 395 g/mol. The molecule has 4 rings (SSSR count). The van der Waals surface area contributed by atoms with Crippen LogP contribution in [0.3, 0.4) is 0 Å². The average molecular weight is 415 g/mol. The second-order valence-electron chi connectivity index (χ2n) is 6.58. The van der Waals surface area contributed by atoms with Gasteiger partial charge in [-0.25, -0.2) is 0 Å². The molecule has 0 amide bonds. The summed E-state index contributed by atoms with van der Waals surface area (Å²) >= 11 is 0.176. The van der Waals surface area contributed by atoms with Crippen LogP contribution in [0.5, 0.6) is 0 Å². The van der Waals surface area contributed by atoms with Crippen molar-refractivity contribution in [1.82, 2.24) is 0 Å². The zero-order chi connectivity index (χ0) is 18.6. The Kier molecular flexibility index (Phi) is 5.20. The molecule has 0 saturated carbocycles. The Bertz CT molecular complexity index is 1100. The van der Waals surface area contributed by atoms with Gasteiger partial charge in [0.1, 0.15) is 0 Å². The van der Waals surface area contributed by atoms with Gasteiger partial charge < -0.3 is 0 Å². The quantitative estimate of drug-likeness (QED) is 0.334. The number of rotatable bonds is 5. The maximum absolute atomic E-state index is 13.4. The van der Waals surface area contributed by atoms with E-state index in [1.165, 1.54) is 20.8 Å². The minimum atomic E-state index is 0.129. The number of hydrogen-bond donors (Lipinski definition) is 0. The third-order valence-electron chi connectivity index (χ3n) is 4.74. The molecule has 2 heteroatoms. The van der Waals surface area contributed by atoms with E-state index >= 15 is 0 Å². The molecule has 27 heavy (non-hydrogen) atoms. The van der Waals surface area contributed by atoms with Crippen molar-refractivity contribution in [2.75, 3.05) is 0 Å². The molecule has 0 saturated heterocycles. The van der Waals surface area contributed by atoms with E-state index in [-0.39, 0.29) is 20.7 Å². The fourth-order valence-electron chi connectivity index (χ4n) is 3.28. The molecule has 0 radical (unpaired) electrons. The monoisotopic (exact) mass is 416 g/mol. The van der Waals surface area contributed by atoms with Gasteiger partial charge in [-0.05, 0) is 0 Å². The zero-order valence-corrected chi connectivity index (χ0v) is 16.9. The van der Waals surface area contributed by atoms with Crippen molar-refractivity contribution in [3.05, 3.63) is 113 Å². The molecule has 0 aliphatic carbocycles. The van der Waals surface area contributed by atoms with Gasteiger partial charge >= 0.3 is 166 Å². The molecule has 0 aromatic heterocycles. The second-order valence-corrected chi connectivity index (χ2v) is 8.65. The maximum atomic E-state index is 13.4. The summed E-state index contributed by atoms with van der Waals surface area (Å²) in [5.74, 6) is 0.129. The van der Waals surface area contributed by atoms with Gasteiger partial charge in [0.05, 0.1) is 0 Å². The van der Waals surface area contributed by atoms with Gasteiger partial charge in [-0.2, -0.15) is 0 Å². The van der Waals surface area contributed by atoms with Crippen LogP contribution < -0.4 is 4.46 Å². The number of fused-ring (bicyclic) bond motifs is 1. The molecule has 0 aliphatic rings. The summed E-state index contributed by atoms with van der Waals surface area (Å²) in [6, 6.07) is 30.8. The first kappa shape index (κ1) is 17.7. The number of ketones is 1. The molecule has 0 atom stereocenters. The van der Waals surface area contributed by atoms with Crippen molar-refractivity contribution in [3.63, 3.8) is 0 Å². The second kappa shape index (κ2) is 7.92. The first-order chi connectivity index (χ1) is 13.2. The van der Waals surface area contributed by atoms with Crippen molar-refractivity contribution in [3.8, 4) is 0 Å². The third-order valence-corrected chi connectivity index (χ3v) is 7.27. The van der Waals surface area contributed by atoms with Crippen LogP contribution in [0.15, 0.2) is 91.0 Å². The predicted molar refractivity (Wildman–Crippen MR) is 114 cm³/mol. The van der Waals surface area contributed by atoms with E-state index in [9.17, 15) is 4.79 Å². The zero-order valence-electron chi connectivity index (χ0n) is 15.2. The Morgan fingerprint density at radius 2 is 1.44 bits per heavy atom. The Balaban J connectivity index is 1.80. The molecule has 132 valence electrons. The molecule has 0 bridgehead atoms. The van der Waals surface area contributed by atoms with E-state index in [0.717, 1.165) is 22.0 Å². The SMILES string of the molecule is Cc1ccccc1C(=O)c1ccc2ccccc2c1[Se]Cc1ccccc1. The van der Waals surface area contributed by atoms with Crippen LogP contribution in [0, 0.1) is 6.92 Å². The fourth-order valence-corrected chi connectivity index (χ4v) is 5.72. The summed E-state index contributed by atoms with van der Waals surface area (Å²) in [6.45, 7) is 2.00. The third kappa shape index (κ3) is 3.73. The topological polar surface area (TPSA) is 17.1 Å². The van der Waals surface area contributed by atoms with E-state index in [1.807, 2.05) is 43.3 Å². The van der Waals surface area contributed by atoms with Crippen LogP contribution in [-0.4, -0.2) is 20.7 Å². The molecular formula is C25H20OSe. The van der Waals surface area contributed by atoms with Gasteiger partial charge in [0.2, 0.25) is 0 Å². The normalized spacial score (nSPS) is 10.9. The summed E-state index contributed by atoms with van der Waals surface area (Å²) < 4.78 is 1.21. The van der Waals surface area contributed by atoms with Crippen LogP contribution in [0.4, 0.5) is 0 Å². The van der Waals surface area contributed by atoms with Crippen molar-refractivity contribution < 1.29 is 4.79 Å². The van der Waals surface area contributed by atoms with Gasteiger partial charge in [-0.3, -0.25) is 0 Å². The van der Waals surface area contributed by atoms with Gasteiger partial charge in [-0.15, -0.1) is 0 Å². The first-order valence-corrected chi connectivity index (χ1v) is 11.1. The number of carbonyl (C=O) groups is 1. The summed E-state index contributed by atoms with van der Waals surface area (Å²) in [4.78, 5) is 13.4. The first-order valence-electron chi connectivity index (χ1n) is 9.03. The van der Waals surface area contributed by atoms with Gasteiger partial charge in [-0.1, -0.05) is 0 Å². The van der Waals surface area contributed by atoms with Crippen LogP contribution in [0.25, 0.3) is 10.8 Å². The molecule has 0 unspecified atom stereocenters. The molecule has 4 aromatic carbocycles. The van der Waals surface area contributed by atoms with E-state index in [0.29, 0.717) is 0 Å². The van der Waals surface area contributed by atoms with E-state index in [2.05, 4.69) is 54.6 Å². The summed E-state index contributed by atoms with van der Waals surface area (Å²) in [5, 5.41) is 3.38. The Morgan fingerprint density at radius 1 is 0.741 bits per heavy atom. The Morgan fingerprint density at radius 3 is 2.26 bits per heavy atom. The number of hydrogen-bond acceptors (Lipinski definition) is 1. The number of carbonyl (C=O) groups excluding carboxylic acids is 1. The molecule has 0 heterocycles. The van der Waals surface area contributed by atoms with Crippen LogP contribution >= 0.6 is 0 Å². The van der Waals surface area contributed by atoms with Crippen molar-refractivity contribution >= 4 is 36.0 Å². The summed E-state index contributed by atoms with van der Waals surface area (Å²) in [5.41, 5.74) is 3.99. The average Bonchev–Trinajstić information content (AvgIpc) is 2.72. The van der Waals surface area contributed by atoms with Gasteiger partial charge in [0, 0.05) is 0 Å². The summed E-state index contributed by atoms with van der Waals surface area (Å²) in [6.07, 6.45) is 0. The Hall–Kier alpha value is -2.67. The molecule has 4 aromatic rings. The molecule has 0 spiro atoms. The van der Waals surface area contributed by atoms with Crippen molar-refractivity contribution in [2.24, 2.45) is 0 Å². The van der Waals surface area contributed by atoms with Crippen molar-refractivity contribution in [1.29, 1.82) is 0 Å². The van der Waals surface area contributed by atoms with E-state index < -0.39 is 0 Å². The number of benzene rings is 4. The standard InChI is InChI=1S/C25H20OSe/c1-18-9-5-7-13-21(18)24(26)23-16-15-20-12-6-8-14-22(20)25(23)27-17-19-10-3-2-4-11-19/h2-16H,17H2,1H3. The van der Waals surface area contributed by atoms with Crippen molar-refractivity contribution in [2.45, 2.75) is 12.2 Å². The summed E-state index contributed by atoms with van der Waals surface area (Å²) in [7, 11) is 0. The minimum absolute atomic E-state index is 0.129. The molecule has 1 nitrogen and oxygen atoms in total. The van der Waals surface area contributed by atoms with E-state index in [1.54, 1.807) is 0 Å². The van der Waals surface area contributed by atoms with Crippen LogP contribution in [0.1, 0.15) is 27.0 Å². The fraction of sp³-hybridized carbons (Fsp3) is 0.0800. The molecule has 0 aliphatic heterocycles. The molecule has 0 N–H and O–H groups in total. The molecule has 0 fully saturated rings. The van der Waals surface area contributed by atoms with Gasteiger partial charge in [0.25, 0.3) is 0 Å². The van der Waals surface area contributed by atoms with E-state index in [4.69, 9.17) is 0 Å². The predicted octanol–water partition coefficient (Wildman–Crippen LogP) is 4.91. The van der Waals surface area contributed by atoms with Gasteiger partial charge in [0.15, 0.2) is 0 Å². The Labute approximate surface area is 166 Å². The van der Waals surface area contributed by atoms with Crippen LogP contribution in [0.2, 0.25) is 0 Å².